The highest BCUT2D eigenvalue weighted by Crippen LogP contribution is 2.23. The predicted molar refractivity (Wildman–Crippen MR) is 104 cm³/mol. The minimum absolute atomic E-state index is 0.0101. The molecule has 2 rings (SSSR count). The summed E-state index contributed by atoms with van der Waals surface area (Å²) in [5, 5.41) is 0.934. The molecule has 2 aromatic rings. The second-order valence-electron chi connectivity index (χ2n) is 6.24. The summed E-state index contributed by atoms with van der Waals surface area (Å²) in [6.07, 6.45) is 0. The Morgan fingerprint density at radius 3 is 2.42 bits per heavy atom. The van der Waals surface area contributed by atoms with Crippen molar-refractivity contribution in [1.82, 2.24) is 4.90 Å². The van der Waals surface area contributed by atoms with Crippen molar-refractivity contribution in [2.24, 2.45) is 0 Å². The third kappa shape index (κ3) is 5.48. The van der Waals surface area contributed by atoms with Gasteiger partial charge in [0.05, 0.1) is 10.0 Å². The number of rotatable bonds is 7. The van der Waals surface area contributed by atoms with Gasteiger partial charge in [-0.15, -0.1) is 0 Å². The smallest absolute Gasteiger partial charge is 0.261 e. The normalized spacial score (nSPS) is 10.7. The first kappa shape index (κ1) is 20.3. The lowest BCUT2D eigenvalue weighted by Gasteiger charge is -2.27. The molecule has 4 nitrogen and oxygen atoms in total. The van der Waals surface area contributed by atoms with Gasteiger partial charge < -0.3 is 9.64 Å². The van der Waals surface area contributed by atoms with Crippen LogP contribution >= 0.6 is 23.2 Å². The Hall–Kier alpha value is -2.04. The van der Waals surface area contributed by atoms with Crippen LogP contribution in [0.15, 0.2) is 42.5 Å². The molecule has 0 unspecified atom stereocenters. The Balaban J connectivity index is 2.05. The maximum Gasteiger partial charge on any atom is 0.261 e. The first-order chi connectivity index (χ1) is 12.3. The van der Waals surface area contributed by atoms with E-state index in [-0.39, 0.29) is 24.3 Å². The van der Waals surface area contributed by atoms with Gasteiger partial charge >= 0.3 is 0 Å². The van der Waals surface area contributed by atoms with Gasteiger partial charge in [-0.05, 0) is 50.6 Å². The zero-order valence-corrected chi connectivity index (χ0v) is 16.5. The monoisotopic (exact) mass is 393 g/mol. The van der Waals surface area contributed by atoms with Gasteiger partial charge in [0.1, 0.15) is 5.75 Å². The number of carbonyl (C=O) groups excluding carboxylic acids is 2. The van der Waals surface area contributed by atoms with Crippen LogP contribution in [-0.2, 0) is 11.3 Å². The van der Waals surface area contributed by atoms with E-state index in [4.69, 9.17) is 27.9 Å². The van der Waals surface area contributed by atoms with E-state index < -0.39 is 0 Å². The number of Topliss-reactive ketones (excluding diaryl/α,β-unsaturated/α-hetero) is 1. The maximum atomic E-state index is 12.6. The summed E-state index contributed by atoms with van der Waals surface area (Å²) < 4.78 is 5.58. The molecule has 0 aliphatic heterocycles. The second kappa shape index (κ2) is 9.06. The van der Waals surface area contributed by atoms with Gasteiger partial charge in [0.2, 0.25) is 0 Å². The van der Waals surface area contributed by atoms with E-state index >= 15 is 0 Å². The minimum Gasteiger partial charge on any atom is -0.484 e. The maximum absolute atomic E-state index is 12.6. The Kier molecular flexibility index (Phi) is 7.06. The minimum atomic E-state index is -0.153. The average Bonchev–Trinajstić information content (AvgIpc) is 2.60. The fraction of sp³-hybridized carbons (Fsp3) is 0.300. The van der Waals surface area contributed by atoms with Crippen LogP contribution < -0.4 is 4.74 Å². The molecule has 138 valence electrons. The van der Waals surface area contributed by atoms with Crippen molar-refractivity contribution in [3.63, 3.8) is 0 Å². The molecule has 0 N–H and O–H groups in total. The third-order valence-corrected chi connectivity index (χ3v) is 4.62. The fourth-order valence-electron chi connectivity index (χ4n) is 2.43. The standard InChI is InChI=1S/C20H21Cl2NO3/c1-13(2)23(11-15-7-8-18(21)19(22)9-15)20(25)12-26-17-6-4-5-16(10-17)14(3)24/h4-10,13H,11-12H2,1-3H3. The summed E-state index contributed by atoms with van der Waals surface area (Å²) in [6.45, 7) is 5.66. The van der Waals surface area contributed by atoms with Gasteiger partial charge in [0.25, 0.3) is 5.91 Å². The zero-order chi connectivity index (χ0) is 19.3. The predicted octanol–water partition coefficient (Wildman–Crippen LogP) is 5.01. The molecular formula is C20H21Cl2NO3. The molecule has 0 heterocycles. The van der Waals surface area contributed by atoms with E-state index in [0.717, 1.165) is 5.56 Å². The lowest BCUT2D eigenvalue weighted by Crippen LogP contribution is -2.39. The van der Waals surface area contributed by atoms with Crippen molar-refractivity contribution < 1.29 is 14.3 Å². The number of hydrogen-bond donors (Lipinski definition) is 0. The SMILES string of the molecule is CC(=O)c1cccc(OCC(=O)N(Cc2ccc(Cl)c(Cl)c2)C(C)C)c1. The molecule has 0 bridgehead atoms. The Labute approximate surface area is 163 Å². The molecule has 0 aliphatic carbocycles. The molecule has 6 heteroatoms. The van der Waals surface area contributed by atoms with Crippen LogP contribution in [0.1, 0.15) is 36.7 Å². The molecule has 1 amide bonds. The Bertz CT molecular complexity index is 805. The van der Waals surface area contributed by atoms with Crippen LogP contribution in [0, 0.1) is 0 Å². The molecule has 2 aromatic carbocycles. The number of benzene rings is 2. The van der Waals surface area contributed by atoms with Crippen LogP contribution in [0.3, 0.4) is 0 Å². The van der Waals surface area contributed by atoms with E-state index in [1.807, 2.05) is 19.9 Å². The topological polar surface area (TPSA) is 46.6 Å². The van der Waals surface area contributed by atoms with Gasteiger partial charge in [0.15, 0.2) is 12.4 Å². The number of ether oxygens (including phenoxy) is 1. The second-order valence-corrected chi connectivity index (χ2v) is 7.05. The molecular weight excluding hydrogens is 373 g/mol. The van der Waals surface area contributed by atoms with E-state index in [1.165, 1.54) is 6.92 Å². The Morgan fingerprint density at radius 1 is 1.08 bits per heavy atom. The molecule has 0 aliphatic rings. The highest BCUT2D eigenvalue weighted by molar-refractivity contribution is 6.42. The van der Waals surface area contributed by atoms with Crippen molar-refractivity contribution in [2.75, 3.05) is 6.61 Å². The van der Waals surface area contributed by atoms with Crippen LogP contribution in [-0.4, -0.2) is 29.2 Å². The summed E-state index contributed by atoms with van der Waals surface area (Å²) in [7, 11) is 0. The van der Waals surface area contributed by atoms with Crippen LogP contribution in [0.25, 0.3) is 0 Å². The van der Waals surface area contributed by atoms with E-state index in [0.29, 0.717) is 27.9 Å². The molecule has 26 heavy (non-hydrogen) atoms. The average molecular weight is 394 g/mol. The van der Waals surface area contributed by atoms with Gasteiger partial charge in [-0.3, -0.25) is 9.59 Å². The van der Waals surface area contributed by atoms with Crippen LogP contribution in [0.5, 0.6) is 5.75 Å². The van der Waals surface area contributed by atoms with Crippen molar-refractivity contribution in [2.45, 2.75) is 33.4 Å². The number of halogens is 2. The van der Waals surface area contributed by atoms with Crippen molar-refractivity contribution in [1.29, 1.82) is 0 Å². The number of carbonyl (C=O) groups is 2. The van der Waals surface area contributed by atoms with Gasteiger partial charge in [-0.2, -0.15) is 0 Å². The number of hydrogen-bond acceptors (Lipinski definition) is 3. The lowest BCUT2D eigenvalue weighted by atomic mass is 10.1. The first-order valence-electron chi connectivity index (χ1n) is 8.25. The summed E-state index contributed by atoms with van der Waals surface area (Å²) >= 11 is 12.0. The molecule has 0 fully saturated rings. The molecule has 0 radical (unpaired) electrons. The van der Waals surface area contributed by atoms with Gasteiger partial charge in [-0.1, -0.05) is 41.4 Å². The van der Waals surface area contributed by atoms with E-state index in [9.17, 15) is 9.59 Å². The largest absolute Gasteiger partial charge is 0.484 e. The molecule has 0 aromatic heterocycles. The van der Waals surface area contributed by atoms with Gasteiger partial charge in [0, 0.05) is 18.2 Å². The molecule has 0 spiro atoms. The van der Waals surface area contributed by atoms with Crippen molar-refractivity contribution in [3.05, 3.63) is 63.6 Å². The van der Waals surface area contributed by atoms with E-state index in [2.05, 4.69) is 0 Å². The van der Waals surface area contributed by atoms with Crippen molar-refractivity contribution >= 4 is 34.9 Å². The van der Waals surface area contributed by atoms with Crippen LogP contribution in [0.4, 0.5) is 0 Å². The quantitative estimate of drug-likeness (QED) is 0.620. The first-order valence-corrected chi connectivity index (χ1v) is 9.00. The number of ketones is 1. The highest BCUT2D eigenvalue weighted by atomic mass is 35.5. The molecule has 0 saturated heterocycles. The fourth-order valence-corrected chi connectivity index (χ4v) is 2.75. The number of amides is 1. The highest BCUT2D eigenvalue weighted by Gasteiger charge is 2.18. The Morgan fingerprint density at radius 2 is 1.81 bits per heavy atom. The lowest BCUT2D eigenvalue weighted by molar-refractivity contribution is -0.135. The molecule has 0 saturated carbocycles. The van der Waals surface area contributed by atoms with Crippen molar-refractivity contribution in [3.8, 4) is 5.75 Å². The summed E-state index contributed by atoms with van der Waals surface area (Å²) in [4.78, 5) is 25.7. The summed E-state index contributed by atoms with van der Waals surface area (Å²) in [5.41, 5.74) is 1.44. The van der Waals surface area contributed by atoms with Gasteiger partial charge in [-0.25, -0.2) is 0 Å². The summed E-state index contributed by atoms with van der Waals surface area (Å²) in [5.74, 6) is 0.286. The zero-order valence-electron chi connectivity index (χ0n) is 15.0. The molecule has 0 atom stereocenters. The number of nitrogens with zero attached hydrogens (tertiary/aromatic N) is 1. The third-order valence-electron chi connectivity index (χ3n) is 3.88. The summed E-state index contributed by atoms with van der Waals surface area (Å²) in [6, 6.07) is 12.1. The van der Waals surface area contributed by atoms with Crippen LogP contribution in [0.2, 0.25) is 10.0 Å². The van der Waals surface area contributed by atoms with E-state index in [1.54, 1.807) is 41.3 Å².